The molecule has 3 aromatic rings. The molecule has 4 heterocycles. The zero-order chi connectivity index (χ0) is 22.2. The van der Waals surface area contributed by atoms with E-state index in [9.17, 15) is 9.59 Å². The quantitative estimate of drug-likeness (QED) is 0.647. The van der Waals surface area contributed by atoms with E-state index >= 15 is 0 Å². The van der Waals surface area contributed by atoms with Gasteiger partial charge in [0.2, 0.25) is 0 Å². The van der Waals surface area contributed by atoms with Crippen LogP contribution in [0.5, 0.6) is 0 Å². The van der Waals surface area contributed by atoms with E-state index in [4.69, 9.17) is 9.72 Å². The number of hydrogen-bond acceptors (Lipinski definition) is 6. The summed E-state index contributed by atoms with van der Waals surface area (Å²) in [6.45, 7) is 10.6. The van der Waals surface area contributed by atoms with Gasteiger partial charge in [0.25, 0.3) is 11.8 Å². The van der Waals surface area contributed by atoms with Crippen molar-refractivity contribution in [3.63, 3.8) is 0 Å². The average molecular weight is 442 g/mol. The maximum absolute atomic E-state index is 12.8. The van der Waals surface area contributed by atoms with Crippen molar-refractivity contribution in [3.8, 4) is 10.6 Å². The third kappa shape index (κ3) is 4.47. The van der Waals surface area contributed by atoms with Crippen molar-refractivity contribution in [3.05, 3.63) is 35.0 Å². The standard InChI is InChI=1S/C22H27N5O3S/c1-13(22(2,3)4)25-20(28)14-11-23-19-18(14)26-15(12-24-19)16-5-6-17(31-16)21(29)27-7-9-30-10-8-27/h5-6,11-13H,7-10H2,1-4H3,(H,23,24)(H,25,28)/t13-/m0/s1. The van der Waals surface area contributed by atoms with Crippen LogP contribution in [0.3, 0.4) is 0 Å². The van der Waals surface area contributed by atoms with Gasteiger partial charge in [-0.15, -0.1) is 11.3 Å². The van der Waals surface area contributed by atoms with E-state index in [0.717, 1.165) is 4.88 Å². The lowest BCUT2D eigenvalue weighted by molar-refractivity contribution is 0.0306. The molecule has 2 amide bonds. The van der Waals surface area contributed by atoms with Gasteiger partial charge in [-0.1, -0.05) is 20.8 Å². The van der Waals surface area contributed by atoms with Gasteiger partial charge in [-0.25, -0.2) is 9.97 Å². The number of morpholine rings is 1. The van der Waals surface area contributed by atoms with Crippen LogP contribution in [0.4, 0.5) is 0 Å². The van der Waals surface area contributed by atoms with Crippen LogP contribution in [-0.2, 0) is 4.74 Å². The Balaban J connectivity index is 1.58. The van der Waals surface area contributed by atoms with Crippen LogP contribution in [0, 0.1) is 5.41 Å². The Morgan fingerprint density at radius 3 is 2.71 bits per heavy atom. The van der Waals surface area contributed by atoms with Gasteiger partial charge in [-0.3, -0.25) is 9.59 Å². The van der Waals surface area contributed by atoms with E-state index in [1.54, 1.807) is 17.3 Å². The van der Waals surface area contributed by atoms with Crippen molar-refractivity contribution in [2.24, 2.45) is 5.41 Å². The topological polar surface area (TPSA) is 100 Å². The van der Waals surface area contributed by atoms with Crippen molar-refractivity contribution >= 4 is 34.3 Å². The first-order valence-electron chi connectivity index (χ1n) is 10.4. The number of aromatic nitrogens is 3. The first kappa shape index (κ1) is 21.5. The van der Waals surface area contributed by atoms with Gasteiger partial charge in [0.1, 0.15) is 5.52 Å². The van der Waals surface area contributed by atoms with Gasteiger partial charge in [0.05, 0.1) is 40.4 Å². The number of carbonyl (C=O) groups is 2. The van der Waals surface area contributed by atoms with E-state index < -0.39 is 0 Å². The van der Waals surface area contributed by atoms with E-state index in [-0.39, 0.29) is 23.3 Å². The predicted octanol–water partition coefficient (Wildman–Crippen LogP) is 3.32. The molecule has 1 aliphatic rings. The second kappa shape index (κ2) is 8.39. The van der Waals surface area contributed by atoms with Gasteiger partial charge in [-0.2, -0.15) is 0 Å². The smallest absolute Gasteiger partial charge is 0.264 e. The number of nitrogens with one attached hydrogen (secondary N) is 2. The van der Waals surface area contributed by atoms with Crippen LogP contribution in [0.2, 0.25) is 0 Å². The molecule has 31 heavy (non-hydrogen) atoms. The highest BCUT2D eigenvalue weighted by atomic mass is 32.1. The maximum atomic E-state index is 12.8. The fraction of sp³-hybridized carbons (Fsp3) is 0.455. The molecule has 0 saturated carbocycles. The molecule has 1 fully saturated rings. The Morgan fingerprint density at radius 2 is 2.00 bits per heavy atom. The van der Waals surface area contributed by atoms with Crippen LogP contribution in [0.15, 0.2) is 24.5 Å². The van der Waals surface area contributed by atoms with E-state index in [0.29, 0.717) is 53.6 Å². The number of H-pyrrole nitrogens is 1. The molecule has 0 aliphatic carbocycles. The molecular formula is C22H27N5O3S. The number of nitrogens with zero attached hydrogens (tertiary/aromatic N) is 3. The number of thiophene rings is 1. The number of rotatable bonds is 4. The molecule has 1 atom stereocenters. The molecule has 8 nitrogen and oxygen atoms in total. The molecule has 9 heteroatoms. The fourth-order valence-electron chi connectivity index (χ4n) is 3.19. The summed E-state index contributed by atoms with van der Waals surface area (Å²) >= 11 is 1.38. The largest absolute Gasteiger partial charge is 0.378 e. The van der Waals surface area contributed by atoms with Crippen molar-refractivity contribution in [1.82, 2.24) is 25.2 Å². The third-order valence-electron chi connectivity index (χ3n) is 5.64. The molecule has 1 aliphatic heterocycles. The summed E-state index contributed by atoms with van der Waals surface area (Å²) in [6.07, 6.45) is 3.30. The maximum Gasteiger partial charge on any atom is 0.264 e. The van der Waals surface area contributed by atoms with E-state index in [1.165, 1.54) is 11.3 Å². The Morgan fingerprint density at radius 1 is 1.26 bits per heavy atom. The zero-order valence-corrected chi connectivity index (χ0v) is 19.0. The molecule has 164 valence electrons. The minimum atomic E-state index is -0.186. The normalized spacial score (nSPS) is 15.8. The number of fused-ring (bicyclic) bond motifs is 1. The van der Waals surface area contributed by atoms with Crippen molar-refractivity contribution < 1.29 is 14.3 Å². The van der Waals surface area contributed by atoms with Crippen LogP contribution >= 0.6 is 11.3 Å². The molecule has 1 saturated heterocycles. The van der Waals surface area contributed by atoms with Gasteiger partial charge >= 0.3 is 0 Å². The number of amides is 2. The first-order chi connectivity index (χ1) is 14.7. The molecule has 0 unspecified atom stereocenters. The summed E-state index contributed by atoms with van der Waals surface area (Å²) in [5, 5.41) is 3.04. The van der Waals surface area contributed by atoms with Crippen molar-refractivity contribution in [1.29, 1.82) is 0 Å². The van der Waals surface area contributed by atoms with Crippen molar-refractivity contribution in [2.75, 3.05) is 26.3 Å². The van der Waals surface area contributed by atoms with Gasteiger partial charge < -0.3 is 19.9 Å². The second-order valence-corrected chi connectivity index (χ2v) is 9.87. The minimum absolute atomic E-state index is 0.00599. The van der Waals surface area contributed by atoms with Crippen LogP contribution in [0.25, 0.3) is 21.7 Å². The summed E-state index contributed by atoms with van der Waals surface area (Å²) in [5.74, 6) is -0.180. The van der Waals surface area contributed by atoms with Gasteiger partial charge in [-0.05, 0) is 24.5 Å². The second-order valence-electron chi connectivity index (χ2n) is 8.78. The Kier molecular flexibility index (Phi) is 5.81. The summed E-state index contributed by atoms with van der Waals surface area (Å²) in [7, 11) is 0. The molecule has 0 spiro atoms. The minimum Gasteiger partial charge on any atom is -0.378 e. The lowest BCUT2D eigenvalue weighted by Crippen LogP contribution is -2.41. The molecule has 0 bridgehead atoms. The first-order valence-corrected chi connectivity index (χ1v) is 11.2. The summed E-state index contributed by atoms with van der Waals surface area (Å²) in [5.41, 5.74) is 2.11. The third-order valence-corrected chi connectivity index (χ3v) is 6.74. The molecule has 2 N–H and O–H groups in total. The van der Waals surface area contributed by atoms with Crippen molar-refractivity contribution in [2.45, 2.75) is 33.7 Å². The summed E-state index contributed by atoms with van der Waals surface area (Å²) in [4.78, 5) is 41.0. The van der Waals surface area contributed by atoms with E-state index in [2.05, 4.69) is 36.1 Å². The SMILES string of the molecule is C[C@H](NC(=O)c1c[nH]c2ncc(-c3ccc(C(=O)N4CCOCC4)s3)nc12)C(C)(C)C. The summed E-state index contributed by atoms with van der Waals surface area (Å²) < 4.78 is 5.32. The highest BCUT2D eigenvalue weighted by Gasteiger charge is 2.25. The van der Waals surface area contributed by atoms with Crippen LogP contribution in [-0.4, -0.2) is 64.0 Å². The van der Waals surface area contributed by atoms with E-state index in [1.807, 2.05) is 19.1 Å². The summed E-state index contributed by atoms with van der Waals surface area (Å²) in [6, 6.07) is 3.69. The molecule has 3 aromatic heterocycles. The number of carbonyl (C=O) groups excluding carboxylic acids is 2. The number of aromatic amines is 1. The Hall–Kier alpha value is -2.78. The number of hydrogen-bond donors (Lipinski definition) is 2. The molecule has 0 radical (unpaired) electrons. The zero-order valence-electron chi connectivity index (χ0n) is 18.2. The Bertz CT molecular complexity index is 1110. The van der Waals surface area contributed by atoms with Gasteiger partial charge in [0.15, 0.2) is 5.65 Å². The molecule has 0 aromatic carbocycles. The lowest BCUT2D eigenvalue weighted by atomic mass is 9.88. The molecule has 4 rings (SSSR count). The molecular weight excluding hydrogens is 414 g/mol. The Labute approximate surface area is 185 Å². The van der Waals surface area contributed by atoms with Crippen LogP contribution < -0.4 is 5.32 Å². The average Bonchev–Trinajstić information content (AvgIpc) is 3.40. The highest BCUT2D eigenvalue weighted by Crippen LogP contribution is 2.29. The number of ether oxygens (including phenoxy) is 1. The fourth-order valence-corrected chi connectivity index (χ4v) is 4.12. The lowest BCUT2D eigenvalue weighted by Gasteiger charge is -2.27. The monoisotopic (exact) mass is 441 g/mol. The van der Waals surface area contributed by atoms with Crippen LogP contribution in [0.1, 0.15) is 47.7 Å². The highest BCUT2D eigenvalue weighted by molar-refractivity contribution is 7.17. The van der Waals surface area contributed by atoms with Gasteiger partial charge in [0, 0.05) is 25.3 Å². The predicted molar refractivity (Wildman–Crippen MR) is 120 cm³/mol.